The number of amides is 1. The predicted molar refractivity (Wildman–Crippen MR) is 73.1 cm³/mol. The highest BCUT2D eigenvalue weighted by molar-refractivity contribution is 5.93. The van der Waals surface area contributed by atoms with Gasteiger partial charge in [0.15, 0.2) is 0 Å². The summed E-state index contributed by atoms with van der Waals surface area (Å²) in [5, 5.41) is 0. The fourth-order valence-corrected chi connectivity index (χ4v) is 1.72. The molecule has 0 atom stereocenters. The van der Waals surface area contributed by atoms with Gasteiger partial charge in [0.25, 0.3) is 5.91 Å². The molecule has 0 saturated heterocycles. The van der Waals surface area contributed by atoms with Crippen LogP contribution in [0.15, 0.2) is 30.5 Å². The van der Waals surface area contributed by atoms with E-state index in [1.807, 2.05) is 18.2 Å². The van der Waals surface area contributed by atoms with Crippen LogP contribution in [0.2, 0.25) is 0 Å². The first-order chi connectivity index (χ1) is 9.61. The van der Waals surface area contributed by atoms with Gasteiger partial charge in [0.2, 0.25) is 0 Å². The highest BCUT2D eigenvalue weighted by Crippen LogP contribution is 2.09. The first-order valence-electron chi connectivity index (χ1n) is 6.16. The summed E-state index contributed by atoms with van der Waals surface area (Å²) in [5.41, 5.74) is 1.66. The Bertz CT molecular complexity index is 642. The van der Waals surface area contributed by atoms with E-state index in [0.717, 1.165) is 5.52 Å². The van der Waals surface area contributed by atoms with Gasteiger partial charge < -0.3 is 9.64 Å². The Hall–Kier alpha value is -2.50. The molecule has 0 spiro atoms. The van der Waals surface area contributed by atoms with E-state index in [1.165, 1.54) is 18.2 Å². The molecule has 1 aromatic carbocycles. The van der Waals surface area contributed by atoms with Crippen molar-refractivity contribution in [3.63, 3.8) is 0 Å². The van der Waals surface area contributed by atoms with Crippen LogP contribution in [0.3, 0.4) is 0 Å². The zero-order valence-electron chi connectivity index (χ0n) is 11.4. The number of benzene rings is 1. The van der Waals surface area contributed by atoms with Gasteiger partial charge in [-0.15, -0.1) is 0 Å². The van der Waals surface area contributed by atoms with Crippen LogP contribution >= 0.6 is 0 Å². The van der Waals surface area contributed by atoms with Crippen molar-refractivity contribution in [1.82, 2.24) is 14.9 Å². The number of hydrogen-bond donors (Lipinski definition) is 0. The molecular formula is C14H15N3O3. The zero-order chi connectivity index (χ0) is 14.5. The van der Waals surface area contributed by atoms with Gasteiger partial charge in [0.1, 0.15) is 5.69 Å². The Morgan fingerprint density at radius 1 is 1.25 bits per heavy atom. The predicted octanol–water partition coefficient (Wildman–Crippen LogP) is 1.26. The number of para-hydroxylation sites is 2. The van der Waals surface area contributed by atoms with Gasteiger partial charge in [-0.2, -0.15) is 0 Å². The molecule has 1 heterocycles. The van der Waals surface area contributed by atoms with Crippen molar-refractivity contribution in [2.24, 2.45) is 0 Å². The van der Waals surface area contributed by atoms with Crippen LogP contribution in [0.5, 0.6) is 0 Å². The molecule has 6 heteroatoms. The lowest BCUT2D eigenvalue weighted by molar-refractivity contribution is -0.140. The molecule has 2 aromatic rings. The fourth-order valence-electron chi connectivity index (χ4n) is 1.72. The minimum absolute atomic E-state index is 0.153. The minimum atomic E-state index is -0.353. The van der Waals surface area contributed by atoms with Gasteiger partial charge >= 0.3 is 5.97 Å². The smallest absolute Gasteiger partial charge is 0.307 e. The molecule has 0 radical (unpaired) electrons. The number of hydrogen-bond acceptors (Lipinski definition) is 5. The topological polar surface area (TPSA) is 72.4 Å². The lowest BCUT2D eigenvalue weighted by Gasteiger charge is -2.15. The van der Waals surface area contributed by atoms with Crippen molar-refractivity contribution in [2.75, 3.05) is 20.7 Å². The monoisotopic (exact) mass is 273 g/mol. The zero-order valence-corrected chi connectivity index (χ0v) is 11.4. The maximum absolute atomic E-state index is 12.2. The lowest BCUT2D eigenvalue weighted by atomic mass is 10.3. The number of carbonyl (C=O) groups is 2. The molecule has 1 amide bonds. The third-order valence-corrected chi connectivity index (χ3v) is 2.89. The molecule has 0 bridgehead atoms. The number of carbonyl (C=O) groups excluding carboxylic acids is 2. The second-order valence-corrected chi connectivity index (χ2v) is 4.30. The molecule has 2 rings (SSSR count). The largest absolute Gasteiger partial charge is 0.469 e. The number of nitrogens with zero attached hydrogens (tertiary/aromatic N) is 3. The van der Waals surface area contributed by atoms with E-state index in [1.54, 1.807) is 13.1 Å². The Morgan fingerprint density at radius 3 is 2.65 bits per heavy atom. The van der Waals surface area contributed by atoms with Crippen LogP contribution in [-0.2, 0) is 9.53 Å². The van der Waals surface area contributed by atoms with Gasteiger partial charge in [-0.25, -0.2) is 4.98 Å². The van der Waals surface area contributed by atoms with Crippen molar-refractivity contribution in [3.8, 4) is 0 Å². The molecule has 6 nitrogen and oxygen atoms in total. The molecular weight excluding hydrogens is 258 g/mol. The molecule has 20 heavy (non-hydrogen) atoms. The third kappa shape index (κ3) is 3.09. The van der Waals surface area contributed by atoms with E-state index in [2.05, 4.69) is 14.7 Å². The first-order valence-corrected chi connectivity index (χ1v) is 6.16. The maximum atomic E-state index is 12.2. The normalized spacial score (nSPS) is 10.3. The summed E-state index contributed by atoms with van der Waals surface area (Å²) in [4.78, 5) is 33.1. The van der Waals surface area contributed by atoms with Gasteiger partial charge in [0.05, 0.1) is 30.8 Å². The Morgan fingerprint density at radius 2 is 1.95 bits per heavy atom. The second kappa shape index (κ2) is 6.10. The van der Waals surface area contributed by atoms with E-state index in [9.17, 15) is 9.59 Å². The standard InChI is InChI=1S/C14H15N3O3/c1-17(8-7-13(18)20-2)14(19)12-9-15-10-5-3-4-6-11(10)16-12/h3-6,9H,7-8H2,1-2H3. The van der Waals surface area contributed by atoms with Gasteiger partial charge in [-0.05, 0) is 12.1 Å². The summed E-state index contributed by atoms with van der Waals surface area (Å²) >= 11 is 0. The van der Waals surface area contributed by atoms with Crippen LogP contribution in [0, 0.1) is 0 Å². The first kappa shape index (κ1) is 13.9. The summed E-state index contributed by atoms with van der Waals surface area (Å²) in [6, 6.07) is 7.33. The third-order valence-electron chi connectivity index (χ3n) is 2.89. The number of aromatic nitrogens is 2. The van der Waals surface area contributed by atoms with Gasteiger partial charge in [-0.1, -0.05) is 12.1 Å². The summed E-state index contributed by atoms with van der Waals surface area (Å²) in [5.74, 6) is -0.624. The van der Waals surface area contributed by atoms with E-state index in [0.29, 0.717) is 5.52 Å². The average Bonchev–Trinajstić information content (AvgIpc) is 2.50. The molecule has 0 aliphatic rings. The van der Waals surface area contributed by atoms with Crippen LogP contribution in [0.4, 0.5) is 0 Å². The summed E-state index contributed by atoms with van der Waals surface area (Å²) in [6.07, 6.45) is 1.60. The van der Waals surface area contributed by atoms with Crippen LogP contribution in [0.25, 0.3) is 11.0 Å². The van der Waals surface area contributed by atoms with Crippen molar-refractivity contribution in [1.29, 1.82) is 0 Å². The molecule has 0 aliphatic carbocycles. The second-order valence-electron chi connectivity index (χ2n) is 4.30. The minimum Gasteiger partial charge on any atom is -0.469 e. The van der Waals surface area contributed by atoms with Crippen LogP contribution in [-0.4, -0.2) is 47.4 Å². The Labute approximate surface area is 116 Å². The van der Waals surface area contributed by atoms with Crippen molar-refractivity contribution in [3.05, 3.63) is 36.2 Å². The van der Waals surface area contributed by atoms with Crippen molar-refractivity contribution in [2.45, 2.75) is 6.42 Å². The number of esters is 1. The average molecular weight is 273 g/mol. The van der Waals surface area contributed by atoms with E-state index < -0.39 is 0 Å². The summed E-state index contributed by atoms with van der Waals surface area (Å²) in [6.45, 7) is 0.278. The van der Waals surface area contributed by atoms with Crippen molar-refractivity contribution >= 4 is 22.9 Å². The number of rotatable bonds is 4. The highest BCUT2D eigenvalue weighted by Gasteiger charge is 2.15. The van der Waals surface area contributed by atoms with E-state index >= 15 is 0 Å². The van der Waals surface area contributed by atoms with E-state index in [-0.39, 0.29) is 30.5 Å². The lowest BCUT2D eigenvalue weighted by Crippen LogP contribution is -2.30. The molecule has 0 aliphatic heterocycles. The molecule has 0 unspecified atom stereocenters. The highest BCUT2D eigenvalue weighted by atomic mass is 16.5. The number of methoxy groups -OCH3 is 1. The molecule has 0 fully saturated rings. The molecule has 104 valence electrons. The van der Waals surface area contributed by atoms with E-state index in [4.69, 9.17) is 0 Å². The van der Waals surface area contributed by atoms with Gasteiger partial charge in [0, 0.05) is 13.6 Å². The SMILES string of the molecule is COC(=O)CCN(C)C(=O)c1cnc2ccccc2n1. The summed E-state index contributed by atoms with van der Waals surface area (Å²) in [7, 11) is 2.93. The molecule has 1 aromatic heterocycles. The van der Waals surface area contributed by atoms with Gasteiger partial charge in [-0.3, -0.25) is 14.6 Å². The molecule has 0 saturated carbocycles. The van der Waals surface area contributed by atoms with Crippen LogP contribution < -0.4 is 0 Å². The van der Waals surface area contributed by atoms with Crippen LogP contribution in [0.1, 0.15) is 16.9 Å². The number of fused-ring (bicyclic) bond motifs is 1. The summed E-state index contributed by atoms with van der Waals surface area (Å²) < 4.78 is 4.54. The Kier molecular flexibility index (Phi) is 4.24. The quantitative estimate of drug-likeness (QED) is 0.784. The molecule has 0 N–H and O–H groups in total. The number of ether oxygens (including phenoxy) is 1. The maximum Gasteiger partial charge on any atom is 0.307 e. The van der Waals surface area contributed by atoms with Crippen molar-refractivity contribution < 1.29 is 14.3 Å². The fraction of sp³-hybridized carbons (Fsp3) is 0.286. The Balaban J connectivity index is 2.12.